The van der Waals surface area contributed by atoms with E-state index in [0.717, 1.165) is 7.05 Å². The van der Waals surface area contributed by atoms with Crippen LogP contribution in [-0.4, -0.2) is 44.2 Å². The van der Waals surface area contributed by atoms with Crippen molar-refractivity contribution >= 4 is 17.5 Å². The van der Waals surface area contributed by atoms with Gasteiger partial charge in [-0.2, -0.15) is 17.9 Å². The van der Waals surface area contributed by atoms with E-state index in [-0.39, 0.29) is 12.2 Å². The molecule has 0 aliphatic rings. The van der Waals surface area contributed by atoms with Crippen LogP contribution in [0, 0.1) is 0 Å². The average Bonchev–Trinajstić information content (AvgIpc) is 3.02. The normalized spacial score (nSPS) is 14.3. The van der Waals surface area contributed by atoms with E-state index in [1.54, 1.807) is 31.2 Å². The Hall–Kier alpha value is -2.16. The number of hydrogen-bond acceptors (Lipinski definition) is 4. The maximum atomic E-state index is 12.8. The van der Waals surface area contributed by atoms with Crippen molar-refractivity contribution in [1.29, 1.82) is 0 Å². The summed E-state index contributed by atoms with van der Waals surface area (Å²) >= 11 is 5.83. The highest BCUT2D eigenvalue weighted by Gasteiger charge is 2.48. The Morgan fingerprint density at radius 1 is 1.29 bits per heavy atom. The highest BCUT2D eigenvalue weighted by atomic mass is 35.5. The van der Waals surface area contributed by atoms with Crippen molar-refractivity contribution in [3.8, 4) is 5.69 Å². The minimum atomic E-state index is -4.98. The maximum absolute atomic E-state index is 12.8. The fourth-order valence-corrected chi connectivity index (χ4v) is 2.36. The summed E-state index contributed by atoms with van der Waals surface area (Å²) in [6.45, 7) is 3.13. The molecule has 2 rings (SSSR count). The molecule has 0 spiro atoms. The molecule has 1 aromatic heterocycles. The van der Waals surface area contributed by atoms with E-state index in [9.17, 15) is 18.0 Å². The first-order chi connectivity index (χ1) is 11.1. The minimum Gasteiger partial charge on any atom is -0.325 e. The molecule has 2 aromatic rings. The molecule has 1 aromatic carbocycles. The molecule has 6 nitrogen and oxygen atoms in total. The first-order valence-corrected chi connectivity index (χ1v) is 7.39. The molecule has 1 atom stereocenters. The predicted molar refractivity (Wildman–Crippen MR) is 80.6 cm³/mol. The predicted octanol–water partition coefficient (Wildman–Crippen LogP) is 2.96. The van der Waals surface area contributed by atoms with Gasteiger partial charge in [-0.25, -0.2) is 0 Å². The summed E-state index contributed by atoms with van der Waals surface area (Å²) in [7, 11) is 1.08. The van der Waals surface area contributed by atoms with Crippen LogP contribution in [0.15, 0.2) is 24.3 Å². The number of hydrogen-bond donors (Lipinski definition) is 0. The van der Waals surface area contributed by atoms with E-state index >= 15 is 0 Å². The number of aromatic nitrogens is 4. The molecule has 0 radical (unpaired) electrons. The van der Waals surface area contributed by atoms with Gasteiger partial charge in [0.25, 0.3) is 0 Å². The zero-order valence-corrected chi connectivity index (χ0v) is 13.9. The van der Waals surface area contributed by atoms with Crippen LogP contribution in [0.2, 0.25) is 5.02 Å². The lowest BCUT2D eigenvalue weighted by molar-refractivity contribution is -0.190. The summed E-state index contributed by atoms with van der Waals surface area (Å²) in [5.41, 5.74) is -0.831. The van der Waals surface area contributed by atoms with E-state index in [1.165, 1.54) is 11.6 Å². The average molecular weight is 362 g/mol. The van der Waals surface area contributed by atoms with Crippen molar-refractivity contribution in [2.24, 2.45) is 0 Å². The Balaban J connectivity index is 2.50. The highest BCUT2D eigenvalue weighted by Crippen LogP contribution is 2.33. The first kappa shape index (κ1) is 18.2. The number of benzene rings is 1. The smallest absolute Gasteiger partial charge is 0.325 e. The van der Waals surface area contributed by atoms with Gasteiger partial charge in [-0.3, -0.25) is 4.79 Å². The molecule has 10 heteroatoms. The number of halogens is 4. The van der Waals surface area contributed by atoms with Gasteiger partial charge in [0.2, 0.25) is 0 Å². The number of carbonyl (C=O) groups excluding carboxylic acids is 1. The number of rotatable bonds is 4. The molecule has 0 unspecified atom stereocenters. The lowest BCUT2D eigenvalue weighted by Gasteiger charge is -2.37. The van der Waals surface area contributed by atoms with Crippen molar-refractivity contribution in [3.63, 3.8) is 0 Å². The SMILES string of the molecule is CC[C@](C)(c1nnnn1-c1ccc(Cl)cc1)N(C)C(=O)C(F)(F)F. The van der Waals surface area contributed by atoms with E-state index in [0.29, 0.717) is 15.6 Å². The van der Waals surface area contributed by atoms with Crippen LogP contribution in [0.5, 0.6) is 0 Å². The van der Waals surface area contributed by atoms with Gasteiger partial charge in [0.05, 0.1) is 5.69 Å². The molecule has 0 saturated carbocycles. The number of amides is 1. The zero-order chi connectivity index (χ0) is 18.1. The molecular weight excluding hydrogens is 347 g/mol. The van der Waals surface area contributed by atoms with Gasteiger partial charge in [-0.15, -0.1) is 5.10 Å². The summed E-state index contributed by atoms with van der Waals surface area (Å²) in [6, 6.07) is 6.47. The third-order valence-electron chi connectivity index (χ3n) is 4.00. The molecule has 24 heavy (non-hydrogen) atoms. The van der Waals surface area contributed by atoms with Crippen LogP contribution in [-0.2, 0) is 10.3 Å². The molecular formula is C14H15ClF3N5O. The van der Waals surface area contributed by atoms with Gasteiger partial charge >= 0.3 is 12.1 Å². The molecule has 1 heterocycles. The molecule has 0 saturated heterocycles. The number of tetrazole rings is 1. The standard InChI is InChI=1S/C14H15ClF3N5O/c1-4-13(2,22(3)12(24)14(16,17)18)11-19-20-21-23(11)10-7-5-9(15)6-8-10/h5-8H,4H2,1-3H3/t13-/m1/s1. The Kier molecular flexibility index (Phi) is 4.84. The van der Waals surface area contributed by atoms with Crippen molar-refractivity contribution in [2.45, 2.75) is 32.0 Å². The van der Waals surface area contributed by atoms with E-state index in [2.05, 4.69) is 15.5 Å². The zero-order valence-electron chi connectivity index (χ0n) is 13.2. The van der Waals surface area contributed by atoms with Crippen LogP contribution >= 0.6 is 11.6 Å². The fraction of sp³-hybridized carbons (Fsp3) is 0.429. The van der Waals surface area contributed by atoms with E-state index in [4.69, 9.17) is 11.6 Å². The van der Waals surface area contributed by atoms with Gasteiger partial charge < -0.3 is 4.90 Å². The van der Waals surface area contributed by atoms with Crippen molar-refractivity contribution in [1.82, 2.24) is 25.1 Å². The Morgan fingerprint density at radius 3 is 2.38 bits per heavy atom. The number of alkyl halides is 3. The second-order valence-corrected chi connectivity index (χ2v) is 5.82. The summed E-state index contributed by atoms with van der Waals surface area (Å²) in [5.74, 6) is -1.84. The Morgan fingerprint density at radius 2 is 1.88 bits per heavy atom. The lowest BCUT2D eigenvalue weighted by Crippen LogP contribution is -2.51. The van der Waals surface area contributed by atoms with Gasteiger partial charge in [-0.1, -0.05) is 18.5 Å². The first-order valence-electron chi connectivity index (χ1n) is 7.01. The molecule has 0 bridgehead atoms. The monoisotopic (exact) mass is 361 g/mol. The van der Waals surface area contributed by atoms with Crippen molar-refractivity contribution < 1.29 is 18.0 Å². The van der Waals surface area contributed by atoms with Gasteiger partial charge in [0.15, 0.2) is 5.82 Å². The van der Waals surface area contributed by atoms with Crippen molar-refractivity contribution in [3.05, 3.63) is 35.1 Å². The topological polar surface area (TPSA) is 63.9 Å². The number of carbonyl (C=O) groups is 1. The molecule has 0 aliphatic carbocycles. The van der Waals surface area contributed by atoms with Crippen LogP contribution in [0.1, 0.15) is 26.1 Å². The summed E-state index contributed by atoms with van der Waals surface area (Å²) in [6.07, 6.45) is -4.80. The minimum absolute atomic E-state index is 0.118. The summed E-state index contributed by atoms with van der Waals surface area (Å²) in [4.78, 5) is 12.3. The number of nitrogens with zero attached hydrogens (tertiary/aromatic N) is 5. The van der Waals surface area contributed by atoms with E-state index in [1.807, 2.05) is 0 Å². The van der Waals surface area contributed by atoms with Crippen LogP contribution in [0.4, 0.5) is 13.2 Å². The molecule has 0 aliphatic heterocycles. The Labute approximate surface area is 141 Å². The maximum Gasteiger partial charge on any atom is 0.471 e. The Bertz CT molecular complexity index is 731. The van der Waals surface area contributed by atoms with Crippen molar-refractivity contribution in [2.75, 3.05) is 7.05 Å². The molecule has 0 fully saturated rings. The summed E-state index contributed by atoms with van der Waals surface area (Å²) in [5, 5.41) is 11.7. The van der Waals surface area contributed by atoms with Crippen LogP contribution < -0.4 is 0 Å². The van der Waals surface area contributed by atoms with Crippen LogP contribution in [0.3, 0.4) is 0 Å². The van der Waals surface area contributed by atoms with Gasteiger partial charge in [-0.05, 0) is 48.0 Å². The van der Waals surface area contributed by atoms with Gasteiger partial charge in [0.1, 0.15) is 5.54 Å². The molecule has 1 amide bonds. The molecule has 130 valence electrons. The third-order valence-corrected chi connectivity index (χ3v) is 4.25. The van der Waals surface area contributed by atoms with E-state index < -0.39 is 17.6 Å². The highest BCUT2D eigenvalue weighted by molar-refractivity contribution is 6.30. The van der Waals surface area contributed by atoms with Gasteiger partial charge in [0, 0.05) is 12.1 Å². The second-order valence-electron chi connectivity index (χ2n) is 5.38. The summed E-state index contributed by atoms with van der Waals surface area (Å²) < 4.78 is 39.7. The lowest BCUT2D eigenvalue weighted by atomic mass is 9.95. The van der Waals surface area contributed by atoms with Crippen LogP contribution in [0.25, 0.3) is 5.69 Å². The molecule has 0 N–H and O–H groups in total. The second kappa shape index (κ2) is 6.39. The third kappa shape index (κ3) is 3.21. The fourth-order valence-electron chi connectivity index (χ4n) is 2.24. The quantitative estimate of drug-likeness (QED) is 0.840. The largest absolute Gasteiger partial charge is 0.471 e.